The molecular weight excluding hydrogens is 275 g/mol. The zero-order chi connectivity index (χ0) is 13.2. The summed E-state index contributed by atoms with van der Waals surface area (Å²) in [5.74, 6) is -0.853. The highest BCUT2D eigenvalue weighted by Crippen LogP contribution is 2.17. The SMILES string of the molecule is Nc1ccc(S(=O)(=O)NCc2cccs2)c(F)c1. The fourth-order valence-corrected chi connectivity index (χ4v) is 3.19. The molecule has 0 amide bonds. The van der Waals surface area contributed by atoms with Crippen molar-refractivity contribution in [3.05, 3.63) is 46.4 Å². The number of halogens is 1. The number of benzene rings is 1. The number of rotatable bonds is 4. The van der Waals surface area contributed by atoms with Gasteiger partial charge in [0, 0.05) is 17.1 Å². The largest absolute Gasteiger partial charge is 0.399 e. The molecule has 4 nitrogen and oxygen atoms in total. The van der Waals surface area contributed by atoms with Crippen LogP contribution >= 0.6 is 11.3 Å². The Kier molecular flexibility index (Phi) is 3.65. The predicted molar refractivity (Wildman–Crippen MR) is 69.2 cm³/mol. The first-order valence-corrected chi connectivity index (χ1v) is 7.42. The van der Waals surface area contributed by atoms with Gasteiger partial charge in [0.25, 0.3) is 0 Å². The van der Waals surface area contributed by atoms with Crippen molar-refractivity contribution >= 4 is 27.0 Å². The molecule has 0 aliphatic carbocycles. The van der Waals surface area contributed by atoms with Gasteiger partial charge in [-0.25, -0.2) is 17.5 Å². The maximum Gasteiger partial charge on any atom is 0.243 e. The lowest BCUT2D eigenvalue weighted by molar-refractivity contribution is 0.557. The van der Waals surface area contributed by atoms with E-state index >= 15 is 0 Å². The van der Waals surface area contributed by atoms with Crippen LogP contribution in [0.15, 0.2) is 40.6 Å². The van der Waals surface area contributed by atoms with Crippen molar-refractivity contribution in [3.8, 4) is 0 Å². The van der Waals surface area contributed by atoms with Crippen LogP contribution < -0.4 is 10.5 Å². The highest BCUT2D eigenvalue weighted by Gasteiger charge is 2.18. The summed E-state index contributed by atoms with van der Waals surface area (Å²) in [5.41, 5.74) is 5.55. The molecule has 1 heterocycles. The second-order valence-corrected chi connectivity index (χ2v) is 6.36. The third-order valence-electron chi connectivity index (χ3n) is 2.26. The molecule has 2 rings (SSSR count). The minimum atomic E-state index is -3.86. The van der Waals surface area contributed by atoms with E-state index < -0.39 is 20.7 Å². The van der Waals surface area contributed by atoms with E-state index in [2.05, 4.69) is 4.72 Å². The maximum atomic E-state index is 13.5. The highest BCUT2D eigenvalue weighted by atomic mass is 32.2. The Labute approximate surface area is 108 Å². The van der Waals surface area contributed by atoms with Crippen molar-refractivity contribution in [2.75, 3.05) is 5.73 Å². The van der Waals surface area contributed by atoms with Gasteiger partial charge >= 0.3 is 0 Å². The third-order valence-corrected chi connectivity index (χ3v) is 4.57. The van der Waals surface area contributed by atoms with Gasteiger partial charge in [-0.05, 0) is 29.6 Å². The van der Waals surface area contributed by atoms with E-state index in [0.29, 0.717) is 0 Å². The fourth-order valence-electron chi connectivity index (χ4n) is 1.39. The maximum absolute atomic E-state index is 13.5. The van der Waals surface area contributed by atoms with Gasteiger partial charge in [-0.3, -0.25) is 0 Å². The van der Waals surface area contributed by atoms with Crippen molar-refractivity contribution in [1.82, 2.24) is 4.72 Å². The first kappa shape index (κ1) is 13.0. The topological polar surface area (TPSA) is 72.2 Å². The van der Waals surface area contributed by atoms with Crippen LogP contribution in [0.2, 0.25) is 0 Å². The average molecular weight is 286 g/mol. The monoisotopic (exact) mass is 286 g/mol. The van der Waals surface area contributed by atoms with Gasteiger partial charge in [0.15, 0.2) is 0 Å². The standard InChI is InChI=1S/C11H11FN2O2S2/c12-10-6-8(13)3-4-11(10)18(15,16)14-7-9-2-1-5-17-9/h1-6,14H,7,13H2. The molecule has 7 heteroatoms. The van der Waals surface area contributed by atoms with E-state index in [9.17, 15) is 12.8 Å². The zero-order valence-corrected chi connectivity index (χ0v) is 10.9. The van der Waals surface area contributed by atoms with Crippen LogP contribution in [0.4, 0.5) is 10.1 Å². The molecule has 2 aromatic rings. The van der Waals surface area contributed by atoms with Crippen LogP contribution in [0.5, 0.6) is 0 Å². The number of nitrogens with two attached hydrogens (primary N) is 1. The highest BCUT2D eigenvalue weighted by molar-refractivity contribution is 7.89. The Morgan fingerprint density at radius 1 is 1.33 bits per heavy atom. The molecule has 0 radical (unpaired) electrons. The lowest BCUT2D eigenvalue weighted by Crippen LogP contribution is -2.23. The molecule has 0 atom stereocenters. The summed E-state index contributed by atoms with van der Waals surface area (Å²) >= 11 is 1.42. The van der Waals surface area contributed by atoms with E-state index in [1.54, 1.807) is 6.07 Å². The Hall–Kier alpha value is -1.44. The summed E-state index contributed by atoms with van der Waals surface area (Å²) in [6, 6.07) is 7.11. The van der Waals surface area contributed by atoms with E-state index in [1.807, 2.05) is 11.4 Å². The van der Waals surface area contributed by atoms with Crippen molar-refractivity contribution in [2.45, 2.75) is 11.4 Å². The van der Waals surface area contributed by atoms with Crippen LogP contribution in [0.3, 0.4) is 0 Å². The van der Waals surface area contributed by atoms with E-state index in [-0.39, 0.29) is 12.2 Å². The van der Waals surface area contributed by atoms with E-state index in [0.717, 1.165) is 17.0 Å². The quantitative estimate of drug-likeness (QED) is 0.844. The smallest absolute Gasteiger partial charge is 0.243 e. The van der Waals surface area contributed by atoms with E-state index in [1.165, 1.54) is 17.4 Å². The minimum absolute atomic E-state index is 0.143. The molecule has 1 aromatic heterocycles. The first-order chi connectivity index (χ1) is 8.49. The number of sulfonamides is 1. The van der Waals surface area contributed by atoms with Gasteiger partial charge in [0.1, 0.15) is 10.7 Å². The molecule has 0 unspecified atom stereocenters. The minimum Gasteiger partial charge on any atom is -0.399 e. The number of hydrogen-bond donors (Lipinski definition) is 2. The van der Waals surface area contributed by atoms with Gasteiger partial charge in [0.05, 0.1) is 0 Å². The van der Waals surface area contributed by atoms with Gasteiger partial charge in [-0.15, -0.1) is 11.3 Å². The third kappa shape index (κ3) is 2.87. The Balaban J connectivity index is 2.20. The van der Waals surface area contributed by atoms with Crippen LogP contribution in [0.25, 0.3) is 0 Å². The number of anilines is 1. The average Bonchev–Trinajstić information content (AvgIpc) is 2.78. The summed E-state index contributed by atoms with van der Waals surface area (Å²) in [5, 5.41) is 1.84. The van der Waals surface area contributed by atoms with Crippen LogP contribution in [-0.2, 0) is 16.6 Å². The molecule has 0 saturated carbocycles. The number of thiophene rings is 1. The summed E-state index contributed by atoms with van der Waals surface area (Å²) in [7, 11) is -3.86. The normalized spacial score (nSPS) is 11.6. The molecule has 18 heavy (non-hydrogen) atoms. The second-order valence-electron chi connectivity index (χ2n) is 3.59. The van der Waals surface area contributed by atoms with Gasteiger partial charge < -0.3 is 5.73 Å². The Morgan fingerprint density at radius 3 is 2.72 bits per heavy atom. The Morgan fingerprint density at radius 2 is 2.11 bits per heavy atom. The molecule has 0 spiro atoms. The molecule has 96 valence electrons. The van der Waals surface area contributed by atoms with Crippen molar-refractivity contribution < 1.29 is 12.8 Å². The van der Waals surface area contributed by atoms with Crippen LogP contribution in [0.1, 0.15) is 4.88 Å². The predicted octanol–water partition coefficient (Wildman–Crippen LogP) is 1.95. The number of nitrogens with one attached hydrogen (secondary N) is 1. The Bertz CT molecular complexity index is 639. The molecule has 0 aliphatic rings. The summed E-state index contributed by atoms with van der Waals surface area (Å²) in [6.45, 7) is 0.143. The summed E-state index contributed by atoms with van der Waals surface area (Å²) in [6.07, 6.45) is 0. The van der Waals surface area contributed by atoms with Crippen LogP contribution in [-0.4, -0.2) is 8.42 Å². The number of nitrogen functional groups attached to an aromatic ring is 1. The van der Waals surface area contributed by atoms with Crippen molar-refractivity contribution in [3.63, 3.8) is 0 Å². The van der Waals surface area contributed by atoms with Crippen molar-refractivity contribution in [2.24, 2.45) is 0 Å². The van der Waals surface area contributed by atoms with Crippen molar-refractivity contribution in [1.29, 1.82) is 0 Å². The molecule has 0 saturated heterocycles. The lowest BCUT2D eigenvalue weighted by Gasteiger charge is -2.07. The van der Waals surface area contributed by atoms with Gasteiger partial charge in [-0.1, -0.05) is 6.07 Å². The molecular formula is C11H11FN2O2S2. The molecule has 0 bridgehead atoms. The summed E-state index contributed by atoms with van der Waals surface area (Å²) < 4.78 is 39.6. The van der Waals surface area contributed by atoms with Gasteiger partial charge in [0.2, 0.25) is 10.0 Å². The van der Waals surface area contributed by atoms with Crippen LogP contribution in [0, 0.1) is 5.82 Å². The first-order valence-electron chi connectivity index (χ1n) is 5.06. The molecule has 0 aliphatic heterocycles. The lowest BCUT2D eigenvalue weighted by atomic mass is 10.3. The second kappa shape index (κ2) is 5.05. The molecule has 0 fully saturated rings. The molecule has 1 aromatic carbocycles. The zero-order valence-electron chi connectivity index (χ0n) is 9.26. The number of hydrogen-bond acceptors (Lipinski definition) is 4. The summed E-state index contributed by atoms with van der Waals surface area (Å²) in [4.78, 5) is 0.461. The van der Waals surface area contributed by atoms with E-state index in [4.69, 9.17) is 5.73 Å². The molecule has 3 N–H and O–H groups in total. The van der Waals surface area contributed by atoms with Gasteiger partial charge in [-0.2, -0.15) is 0 Å². The fraction of sp³-hybridized carbons (Fsp3) is 0.0909.